The van der Waals surface area contributed by atoms with Crippen LogP contribution in [-0.4, -0.2) is 16.2 Å². The summed E-state index contributed by atoms with van der Waals surface area (Å²) in [6.45, 7) is 7.45. The molecule has 9 unspecified atom stereocenters. The first kappa shape index (κ1) is 23.9. The van der Waals surface area contributed by atoms with Crippen molar-refractivity contribution < 1.29 is 18.3 Å². The molecule has 2 aromatic rings. The summed E-state index contributed by atoms with van der Waals surface area (Å²) >= 11 is 0. The lowest BCUT2D eigenvalue weighted by atomic mass is 9.44. The Morgan fingerprint density at radius 2 is 1.80 bits per heavy atom. The van der Waals surface area contributed by atoms with E-state index in [1.807, 2.05) is 0 Å². The van der Waals surface area contributed by atoms with E-state index in [0.29, 0.717) is 64.3 Å². The average molecular weight is 486 g/mol. The second-order valence-electron chi connectivity index (χ2n) is 13.1. The highest BCUT2D eigenvalue weighted by molar-refractivity contribution is 5.72. The highest BCUT2D eigenvalue weighted by Gasteiger charge is 2.62. The number of hydrogen-bond acceptors (Lipinski definition) is 3. The van der Waals surface area contributed by atoms with Crippen LogP contribution in [-0.2, 0) is 6.42 Å². The second-order valence-corrected chi connectivity index (χ2v) is 13.1. The fourth-order valence-electron chi connectivity index (χ4n) is 9.86. The van der Waals surface area contributed by atoms with Crippen LogP contribution in [0.25, 0.3) is 11.1 Å². The first-order valence-electron chi connectivity index (χ1n) is 14.1. The van der Waals surface area contributed by atoms with Gasteiger partial charge >= 0.3 is 0 Å². The van der Waals surface area contributed by atoms with Gasteiger partial charge in [0.2, 0.25) is 0 Å². The third-order valence-electron chi connectivity index (χ3n) is 11.6. The number of halogens is 2. The van der Waals surface area contributed by atoms with Gasteiger partial charge in [-0.1, -0.05) is 33.6 Å². The minimum absolute atomic E-state index is 0.129. The Morgan fingerprint density at radius 3 is 2.63 bits per heavy atom. The zero-order valence-electron chi connectivity index (χ0n) is 21.5. The zero-order valence-corrected chi connectivity index (χ0v) is 21.5. The number of nitrogens with zero attached hydrogens (tertiary/aromatic N) is 1. The van der Waals surface area contributed by atoms with E-state index in [0.717, 1.165) is 25.0 Å². The predicted molar refractivity (Wildman–Crippen MR) is 133 cm³/mol. The van der Waals surface area contributed by atoms with Crippen LogP contribution in [0.15, 0.2) is 16.5 Å². The maximum absolute atomic E-state index is 13.6. The third kappa shape index (κ3) is 3.69. The summed E-state index contributed by atoms with van der Waals surface area (Å²) < 4.78 is 32.9. The molecule has 4 saturated carbocycles. The molecule has 0 spiro atoms. The van der Waals surface area contributed by atoms with Gasteiger partial charge in [0.05, 0.1) is 6.10 Å². The van der Waals surface area contributed by atoms with Gasteiger partial charge in [-0.05, 0) is 97.7 Å². The maximum Gasteiger partial charge on any atom is 0.195 e. The van der Waals surface area contributed by atoms with Crippen molar-refractivity contribution in [3.05, 3.63) is 29.7 Å². The predicted octanol–water partition coefficient (Wildman–Crippen LogP) is 7.69. The first-order valence-corrected chi connectivity index (χ1v) is 14.1. The molecule has 1 heterocycles. The van der Waals surface area contributed by atoms with E-state index >= 15 is 0 Å². The number of aryl methyl sites for hydroxylation is 1. The molecule has 9 atom stereocenters. The van der Waals surface area contributed by atoms with Gasteiger partial charge in [-0.25, -0.2) is 13.8 Å². The van der Waals surface area contributed by atoms with Crippen molar-refractivity contribution in [1.82, 2.24) is 4.98 Å². The van der Waals surface area contributed by atoms with Crippen LogP contribution in [0.5, 0.6) is 0 Å². The van der Waals surface area contributed by atoms with Crippen molar-refractivity contribution in [1.29, 1.82) is 0 Å². The third-order valence-corrected chi connectivity index (χ3v) is 11.6. The molecule has 0 radical (unpaired) electrons. The molecule has 5 heteroatoms. The molecule has 0 bridgehead atoms. The number of aromatic nitrogens is 1. The van der Waals surface area contributed by atoms with E-state index in [4.69, 9.17) is 4.42 Å². The van der Waals surface area contributed by atoms with Crippen molar-refractivity contribution in [2.75, 3.05) is 0 Å². The Bertz CT molecular complexity index is 1060. The van der Waals surface area contributed by atoms with Gasteiger partial charge in [0, 0.05) is 18.6 Å². The fraction of sp³-hybridized carbons (Fsp3) is 0.767. The van der Waals surface area contributed by atoms with Crippen LogP contribution >= 0.6 is 0 Å². The van der Waals surface area contributed by atoms with Crippen molar-refractivity contribution in [3.8, 4) is 0 Å². The molecular weight excluding hydrogens is 444 g/mol. The molecule has 4 aliphatic rings. The van der Waals surface area contributed by atoms with E-state index in [-0.39, 0.29) is 11.5 Å². The molecule has 4 aliphatic carbocycles. The number of rotatable bonds is 4. The van der Waals surface area contributed by atoms with Crippen LogP contribution in [0.1, 0.15) is 90.9 Å². The lowest BCUT2D eigenvalue weighted by molar-refractivity contribution is -0.164. The Kier molecular flexibility index (Phi) is 5.82. The molecule has 192 valence electrons. The standard InChI is InChI=1S/C30H41F2NO2/c1-17(7-10-27-33-24-15-22(31)23(32)16-26(24)35-27)19-8-9-20-28-21(11-13-30(19,20)3)29(2)12-5-4-6-18(29)14-25(28)34/h15-21,25,28,34H,4-14H2,1-3H3. The summed E-state index contributed by atoms with van der Waals surface area (Å²) in [7, 11) is 0. The van der Waals surface area contributed by atoms with Crippen molar-refractivity contribution in [3.63, 3.8) is 0 Å². The van der Waals surface area contributed by atoms with Gasteiger partial charge in [0.25, 0.3) is 0 Å². The topological polar surface area (TPSA) is 46.3 Å². The Balaban J connectivity index is 1.17. The van der Waals surface area contributed by atoms with Gasteiger partial charge in [-0.2, -0.15) is 0 Å². The summed E-state index contributed by atoms with van der Waals surface area (Å²) in [5, 5.41) is 11.4. The monoisotopic (exact) mass is 485 g/mol. The molecule has 0 saturated heterocycles. The van der Waals surface area contributed by atoms with Crippen LogP contribution in [0.4, 0.5) is 8.78 Å². The lowest BCUT2D eigenvalue weighted by Gasteiger charge is -2.62. The minimum Gasteiger partial charge on any atom is -0.441 e. The largest absolute Gasteiger partial charge is 0.441 e. The van der Waals surface area contributed by atoms with Crippen molar-refractivity contribution >= 4 is 11.1 Å². The van der Waals surface area contributed by atoms with Gasteiger partial charge in [0.1, 0.15) is 5.52 Å². The van der Waals surface area contributed by atoms with E-state index in [9.17, 15) is 13.9 Å². The lowest BCUT2D eigenvalue weighted by Crippen LogP contribution is -2.57. The molecule has 0 aliphatic heterocycles. The number of aliphatic hydroxyl groups excluding tert-OH is 1. The van der Waals surface area contributed by atoms with Gasteiger partial charge in [-0.3, -0.25) is 0 Å². The Labute approximate surface area is 208 Å². The minimum atomic E-state index is -0.896. The van der Waals surface area contributed by atoms with E-state index in [1.165, 1.54) is 51.4 Å². The smallest absolute Gasteiger partial charge is 0.195 e. The van der Waals surface area contributed by atoms with Crippen molar-refractivity contribution in [2.45, 2.75) is 97.5 Å². The van der Waals surface area contributed by atoms with Gasteiger partial charge in [-0.15, -0.1) is 0 Å². The van der Waals surface area contributed by atoms with Gasteiger partial charge < -0.3 is 9.52 Å². The van der Waals surface area contributed by atoms with Crippen LogP contribution in [0, 0.1) is 58.0 Å². The number of hydrogen-bond donors (Lipinski definition) is 1. The normalized spacial score (nSPS) is 41.9. The second kappa shape index (κ2) is 8.53. The molecule has 1 aromatic carbocycles. The van der Waals surface area contributed by atoms with E-state index in [1.54, 1.807) is 0 Å². The summed E-state index contributed by atoms with van der Waals surface area (Å²) in [6.07, 6.45) is 12.9. The van der Waals surface area contributed by atoms with Crippen molar-refractivity contribution in [2.24, 2.45) is 46.3 Å². The van der Waals surface area contributed by atoms with E-state index in [2.05, 4.69) is 25.8 Å². The highest BCUT2D eigenvalue weighted by Crippen LogP contribution is 2.68. The first-order chi connectivity index (χ1) is 16.7. The van der Waals surface area contributed by atoms with Crippen LogP contribution < -0.4 is 0 Å². The molecule has 6 rings (SSSR count). The van der Waals surface area contributed by atoms with E-state index < -0.39 is 11.6 Å². The summed E-state index contributed by atoms with van der Waals surface area (Å²) in [6, 6.07) is 2.22. The van der Waals surface area contributed by atoms with Gasteiger partial charge in [0.15, 0.2) is 23.1 Å². The number of benzene rings is 1. The van der Waals surface area contributed by atoms with Crippen LogP contribution in [0.3, 0.4) is 0 Å². The highest BCUT2D eigenvalue weighted by atomic mass is 19.2. The number of oxazole rings is 1. The molecular formula is C30H41F2NO2. The molecule has 1 aromatic heterocycles. The quantitative estimate of drug-likeness (QED) is 0.483. The molecule has 35 heavy (non-hydrogen) atoms. The Morgan fingerprint density at radius 1 is 1.03 bits per heavy atom. The molecule has 4 fully saturated rings. The Hall–Kier alpha value is -1.49. The summed E-state index contributed by atoms with van der Waals surface area (Å²) in [4.78, 5) is 4.42. The zero-order chi connectivity index (χ0) is 24.5. The molecule has 0 amide bonds. The number of aliphatic hydroxyl groups is 1. The average Bonchev–Trinajstić information content (AvgIpc) is 3.38. The summed E-state index contributed by atoms with van der Waals surface area (Å²) in [5.74, 6) is 2.43. The molecule has 1 N–H and O–H groups in total. The summed E-state index contributed by atoms with van der Waals surface area (Å²) in [5.41, 5.74) is 1.42. The number of fused-ring (bicyclic) bond motifs is 6. The SMILES string of the molecule is CC(CCc1nc2cc(F)c(F)cc2o1)C1CCC2C3C(O)CC4CCCCC4(C)C3CCC12C. The molecule has 3 nitrogen and oxygen atoms in total. The van der Waals surface area contributed by atoms with Crippen LogP contribution in [0.2, 0.25) is 0 Å². The maximum atomic E-state index is 13.6. The fourth-order valence-corrected chi connectivity index (χ4v) is 9.86.